The van der Waals surface area contributed by atoms with Crippen molar-refractivity contribution in [3.8, 4) is 0 Å². The fourth-order valence-electron chi connectivity index (χ4n) is 13.9. The molecule has 0 bridgehead atoms. The largest absolute Gasteiger partial charge is 0.0776 e. The van der Waals surface area contributed by atoms with Crippen LogP contribution < -0.4 is 5.19 Å². The first-order valence-electron chi connectivity index (χ1n) is 36.5. The van der Waals surface area contributed by atoms with Gasteiger partial charge in [0.05, 0.1) is 8.07 Å². The summed E-state index contributed by atoms with van der Waals surface area (Å²) in [6.45, 7) is 77.7. The second-order valence-electron chi connectivity index (χ2n) is 37.1. The summed E-state index contributed by atoms with van der Waals surface area (Å²) in [4.78, 5) is 0. The zero-order valence-electron chi connectivity index (χ0n) is 66.8. The fourth-order valence-corrected chi connectivity index (χ4v) is 15.1. The maximum Gasteiger partial charge on any atom is 0.0776 e. The molecule has 0 amide bonds. The number of aryl methyl sites for hydroxylation is 7. The summed E-state index contributed by atoms with van der Waals surface area (Å²) in [5.41, 5.74) is 27.1. The van der Waals surface area contributed by atoms with Crippen molar-refractivity contribution in [3.63, 3.8) is 0 Å². The van der Waals surface area contributed by atoms with E-state index in [4.69, 9.17) is 0 Å². The van der Waals surface area contributed by atoms with Crippen LogP contribution in [0.4, 0.5) is 0 Å². The van der Waals surface area contributed by atoms with Crippen LogP contribution in [0.5, 0.6) is 0 Å². The van der Waals surface area contributed by atoms with Crippen LogP contribution in [0.25, 0.3) is 0 Å². The molecule has 2 aliphatic carbocycles. The van der Waals surface area contributed by atoms with E-state index in [1.165, 1.54) is 154 Å². The first-order chi connectivity index (χ1) is 41.9. The van der Waals surface area contributed by atoms with Crippen molar-refractivity contribution < 1.29 is 0 Å². The molecule has 0 atom stereocenters. The Labute approximate surface area is 573 Å². The van der Waals surface area contributed by atoms with E-state index in [1.54, 1.807) is 16.3 Å². The minimum atomic E-state index is -1.17. The zero-order chi connectivity index (χ0) is 70.6. The molecule has 0 nitrogen and oxygen atoms in total. The Morgan fingerprint density at radius 2 is 0.565 bits per heavy atom. The van der Waals surface area contributed by atoms with Crippen molar-refractivity contribution >= 4 is 13.3 Å². The van der Waals surface area contributed by atoms with E-state index in [-0.39, 0.29) is 37.9 Å². The number of hydrogen-bond donors (Lipinski definition) is 0. The maximum atomic E-state index is 2.48. The lowest BCUT2D eigenvalue weighted by Crippen LogP contribution is -2.38. The molecule has 8 rings (SSSR count). The minimum Gasteiger partial charge on any atom is -0.0656 e. The number of hydrogen-bond acceptors (Lipinski definition) is 0. The van der Waals surface area contributed by atoms with Gasteiger partial charge in [0.25, 0.3) is 0 Å². The summed E-state index contributed by atoms with van der Waals surface area (Å²) in [7, 11) is -1.17. The summed E-state index contributed by atoms with van der Waals surface area (Å²) < 4.78 is 0. The summed E-state index contributed by atoms with van der Waals surface area (Å²) >= 11 is 0. The van der Waals surface area contributed by atoms with E-state index in [0.717, 1.165) is 11.8 Å². The third kappa shape index (κ3) is 24.9. The van der Waals surface area contributed by atoms with E-state index >= 15 is 0 Å². The molecule has 2 fully saturated rings. The van der Waals surface area contributed by atoms with Crippen LogP contribution in [0.15, 0.2) is 109 Å². The first kappa shape index (κ1) is 81.8. The second-order valence-corrected chi connectivity index (χ2v) is 42.2. The van der Waals surface area contributed by atoms with Crippen LogP contribution in [-0.4, -0.2) is 8.07 Å². The lowest BCUT2D eigenvalue weighted by molar-refractivity contribution is 0.437. The SMILES string of the molecule is CCC(C)(CC)c1ccc(C)c(C(C)(C)C)c1.Cc1ccc(C(C)(C)C)cc1C(C)(C)C.Cc1ccc(C)c(C(C)(C)C)c1.Cc1ccc(C2CCCC2)cc1C(C)(C)C.Cc1ccc(C2CCCCC2)cc1C(C)(C)C.Cc1ccc([Si](C)(C)C)cc1C(C)(C)C. The van der Waals surface area contributed by atoms with Crippen molar-refractivity contribution in [2.45, 2.75) is 360 Å². The molecule has 0 unspecified atom stereocenters. The molecule has 0 aliphatic heterocycles. The van der Waals surface area contributed by atoms with Gasteiger partial charge in [-0.3, -0.25) is 0 Å². The monoisotopic (exact) mass is 1270 g/mol. The van der Waals surface area contributed by atoms with Gasteiger partial charge in [0.1, 0.15) is 0 Å². The Bertz CT molecular complexity index is 3150. The third-order valence-electron chi connectivity index (χ3n) is 20.4. The molecule has 0 aromatic heterocycles. The highest BCUT2D eigenvalue weighted by molar-refractivity contribution is 6.88. The molecule has 92 heavy (non-hydrogen) atoms. The number of benzene rings is 6. The standard InChI is InChI=1S/C17H26.C17H28.C16H24.C15H24.C14H24Si.C12H18/c1-13-10-11-15(12-16(13)17(2,3)4)14-8-6-5-7-9-14;1-8-17(7,9-2)14-11-10-13(3)15(12-14)16(4,5)6;1-12-9-10-14(13-7-5-6-8-13)11-15(12)16(2,3)4;1-11-8-9-12(14(2,3)4)10-13(11)15(5,6)7;1-11-8-9-12(15(5,6)7)10-13(11)14(2,3)4;1-9-6-7-10(2)11(8-9)12(3,4)5/h10-12,14H,5-9H2,1-4H3;10-12H,8-9H2,1-7H3;9-11,13H,5-8H2,1-4H3;2*8-10H,1-7H3;6-8H,1-5H3. The van der Waals surface area contributed by atoms with Gasteiger partial charge < -0.3 is 0 Å². The molecule has 0 spiro atoms. The Morgan fingerprint density at radius 1 is 0.293 bits per heavy atom. The van der Waals surface area contributed by atoms with E-state index in [9.17, 15) is 0 Å². The summed E-state index contributed by atoms with van der Waals surface area (Å²) in [6, 6.07) is 41.9. The Hall–Kier alpha value is -4.46. The van der Waals surface area contributed by atoms with Gasteiger partial charge in [0.2, 0.25) is 0 Å². The molecule has 0 heterocycles. The van der Waals surface area contributed by atoms with E-state index < -0.39 is 8.07 Å². The quantitative estimate of drug-likeness (QED) is 0.146. The molecule has 0 saturated heterocycles. The maximum absolute atomic E-state index is 2.48. The van der Waals surface area contributed by atoms with Crippen LogP contribution >= 0.6 is 0 Å². The Balaban J connectivity index is 0.000000289. The lowest BCUT2D eigenvalue weighted by atomic mass is 9.74. The van der Waals surface area contributed by atoms with E-state index in [2.05, 4.69) is 343 Å². The molecule has 6 aromatic carbocycles. The third-order valence-corrected chi connectivity index (χ3v) is 22.4. The Kier molecular flexibility index (Phi) is 29.3. The van der Waals surface area contributed by atoms with Crippen molar-refractivity contribution in [2.24, 2.45) is 0 Å². The zero-order valence-corrected chi connectivity index (χ0v) is 67.8. The van der Waals surface area contributed by atoms with Crippen LogP contribution in [0.3, 0.4) is 0 Å². The van der Waals surface area contributed by atoms with Gasteiger partial charge in [-0.2, -0.15) is 0 Å². The van der Waals surface area contributed by atoms with Crippen LogP contribution in [0.2, 0.25) is 19.6 Å². The van der Waals surface area contributed by atoms with Crippen LogP contribution in [0.1, 0.15) is 343 Å². The highest BCUT2D eigenvalue weighted by atomic mass is 28.3. The van der Waals surface area contributed by atoms with Gasteiger partial charge in [-0.15, -0.1) is 0 Å². The van der Waals surface area contributed by atoms with Crippen molar-refractivity contribution in [1.29, 1.82) is 0 Å². The minimum absolute atomic E-state index is 0.239. The van der Waals surface area contributed by atoms with Gasteiger partial charge in [0, 0.05) is 0 Å². The smallest absolute Gasteiger partial charge is 0.0656 e. The highest BCUT2D eigenvalue weighted by Crippen LogP contribution is 2.40. The summed E-state index contributed by atoms with van der Waals surface area (Å²) in [6.07, 6.45) is 15.1. The van der Waals surface area contributed by atoms with E-state index in [1.807, 2.05) is 0 Å². The molecule has 2 saturated carbocycles. The average molecular weight is 1270 g/mol. The van der Waals surface area contributed by atoms with Crippen LogP contribution in [-0.2, 0) is 43.3 Å². The molecule has 512 valence electrons. The molecular weight excluding hydrogens is 1120 g/mol. The molecule has 6 aromatic rings. The topological polar surface area (TPSA) is 0 Å². The summed E-state index contributed by atoms with van der Waals surface area (Å²) in [5, 5.41) is 1.57. The van der Waals surface area contributed by atoms with E-state index in [0.29, 0.717) is 5.41 Å². The predicted molar refractivity (Wildman–Crippen MR) is 421 cm³/mol. The Morgan fingerprint density at radius 3 is 0.880 bits per heavy atom. The predicted octanol–water partition coefficient (Wildman–Crippen LogP) is 27.7. The average Bonchev–Trinajstić information content (AvgIpc) is 1.00. The van der Waals surface area contributed by atoms with Gasteiger partial charge in [-0.05, 0) is 231 Å². The molecular formula is C91H144Si. The highest BCUT2D eigenvalue weighted by Gasteiger charge is 2.28. The second kappa shape index (κ2) is 33.0. The van der Waals surface area contributed by atoms with Gasteiger partial charge in [0.15, 0.2) is 0 Å². The number of rotatable bonds is 6. The molecule has 1 heteroatoms. The normalized spacial score (nSPS) is 14.7. The van der Waals surface area contributed by atoms with Crippen molar-refractivity contribution in [1.82, 2.24) is 0 Å². The van der Waals surface area contributed by atoms with Crippen molar-refractivity contribution in [3.05, 3.63) is 204 Å². The fraction of sp³-hybridized carbons (Fsp3) is 0.604. The molecule has 0 N–H and O–H groups in total. The van der Waals surface area contributed by atoms with Crippen LogP contribution in [0, 0.1) is 48.5 Å². The van der Waals surface area contributed by atoms with Crippen molar-refractivity contribution in [2.75, 3.05) is 0 Å². The summed E-state index contributed by atoms with van der Waals surface area (Å²) in [5.74, 6) is 1.66. The van der Waals surface area contributed by atoms with Gasteiger partial charge in [-0.1, -0.05) is 338 Å². The first-order valence-corrected chi connectivity index (χ1v) is 40.0. The molecule has 2 aliphatic rings. The van der Waals surface area contributed by atoms with Gasteiger partial charge in [-0.25, -0.2) is 0 Å². The lowest BCUT2D eigenvalue weighted by Gasteiger charge is -2.30. The van der Waals surface area contributed by atoms with Gasteiger partial charge >= 0.3 is 0 Å². The molecule has 0 radical (unpaired) electrons.